The van der Waals surface area contributed by atoms with Gasteiger partial charge in [0.2, 0.25) is 0 Å². The van der Waals surface area contributed by atoms with Crippen LogP contribution >= 0.6 is 0 Å². The summed E-state index contributed by atoms with van der Waals surface area (Å²) in [5, 5.41) is 0. The van der Waals surface area contributed by atoms with E-state index in [1.165, 1.54) is 23.1 Å². The van der Waals surface area contributed by atoms with E-state index in [0.717, 1.165) is 18.1 Å². The Morgan fingerprint density at radius 3 is 2.13 bits per heavy atom. The van der Waals surface area contributed by atoms with Crippen molar-refractivity contribution < 1.29 is 27.5 Å². The highest BCUT2D eigenvalue weighted by Crippen LogP contribution is 2.35. The summed E-state index contributed by atoms with van der Waals surface area (Å²) in [7, 11) is 0. The van der Waals surface area contributed by atoms with Crippen LogP contribution in [0.2, 0.25) is 0 Å². The summed E-state index contributed by atoms with van der Waals surface area (Å²) in [5.74, 6) is -0.880. The molecule has 2 aromatic rings. The second kappa shape index (κ2) is 9.19. The van der Waals surface area contributed by atoms with Crippen molar-refractivity contribution in [3.05, 3.63) is 65.2 Å². The van der Waals surface area contributed by atoms with Gasteiger partial charge in [-0.1, -0.05) is 31.2 Å². The summed E-state index contributed by atoms with van der Waals surface area (Å²) in [6.45, 7) is 2.89. The second-order valence-electron chi connectivity index (χ2n) is 7.01. The molecular weight excluding hydrogens is 397 g/mol. The summed E-state index contributed by atoms with van der Waals surface area (Å²) in [5.41, 5.74) is 0.829. The van der Waals surface area contributed by atoms with E-state index in [1.54, 1.807) is 17.0 Å². The molecule has 1 aliphatic rings. The second-order valence-corrected chi connectivity index (χ2v) is 7.01. The first-order chi connectivity index (χ1) is 14.3. The topological polar surface area (TPSA) is 49.9 Å². The molecule has 0 N–H and O–H groups in total. The fourth-order valence-corrected chi connectivity index (χ4v) is 3.28. The van der Waals surface area contributed by atoms with E-state index in [2.05, 4.69) is 0 Å². The molecule has 0 atom stereocenters. The van der Waals surface area contributed by atoms with Crippen LogP contribution in [-0.2, 0) is 17.4 Å². The lowest BCUT2D eigenvalue weighted by molar-refractivity contribution is -0.141. The maximum Gasteiger partial charge on any atom is 0.419 e. The summed E-state index contributed by atoms with van der Waals surface area (Å²) in [6.07, 6.45) is -3.66. The van der Waals surface area contributed by atoms with Gasteiger partial charge in [0.25, 0.3) is 11.8 Å². The van der Waals surface area contributed by atoms with Gasteiger partial charge in [-0.2, -0.15) is 13.2 Å². The van der Waals surface area contributed by atoms with E-state index < -0.39 is 24.3 Å². The van der Waals surface area contributed by atoms with Gasteiger partial charge in [-0.05, 0) is 36.2 Å². The van der Waals surface area contributed by atoms with Crippen molar-refractivity contribution in [2.24, 2.45) is 0 Å². The van der Waals surface area contributed by atoms with Crippen LogP contribution in [0.3, 0.4) is 0 Å². The van der Waals surface area contributed by atoms with Crippen LogP contribution in [0.15, 0.2) is 48.5 Å². The normalized spacial score (nSPS) is 14.5. The Bertz CT molecular complexity index is 889. The summed E-state index contributed by atoms with van der Waals surface area (Å²) in [4.78, 5) is 28.1. The van der Waals surface area contributed by atoms with Crippen molar-refractivity contribution in [3.63, 3.8) is 0 Å². The van der Waals surface area contributed by atoms with Gasteiger partial charge >= 0.3 is 6.18 Å². The van der Waals surface area contributed by atoms with Gasteiger partial charge in [-0.25, -0.2) is 0 Å². The first kappa shape index (κ1) is 21.7. The molecule has 1 fully saturated rings. The first-order valence-electron chi connectivity index (χ1n) is 9.74. The van der Waals surface area contributed by atoms with E-state index in [9.17, 15) is 22.8 Å². The van der Waals surface area contributed by atoms with Gasteiger partial charge in [0.1, 0.15) is 5.75 Å². The Morgan fingerprint density at radius 1 is 0.933 bits per heavy atom. The number of halogens is 3. The third kappa shape index (κ3) is 5.11. The number of para-hydroxylation sites is 1. The highest BCUT2D eigenvalue weighted by Gasteiger charge is 2.34. The number of ether oxygens (including phenoxy) is 1. The van der Waals surface area contributed by atoms with E-state index in [-0.39, 0.29) is 11.7 Å². The Hall–Kier alpha value is -3.03. The summed E-state index contributed by atoms with van der Waals surface area (Å²) < 4.78 is 44.2. The molecule has 0 saturated carbocycles. The van der Waals surface area contributed by atoms with Crippen LogP contribution in [0.4, 0.5) is 13.2 Å². The highest BCUT2D eigenvalue weighted by molar-refractivity contribution is 5.94. The van der Waals surface area contributed by atoms with Crippen molar-refractivity contribution in [2.45, 2.75) is 19.5 Å². The van der Waals surface area contributed by atoms with Crippen molar-refractivity contribution in [2.75, 3.05) is 32.8 Å². The van der Waals surface area contributed by atoms with Crippen LogP contribution in [-0.4, -0.2) is 54.4 Å². The number of carbonyl (C=O) groups is 2. The lowest BCUT2D eigenvalue weighted by Crippen LogP contribution is -2.51. The molecule has 0 unspecified atom stereocenters. The molecule has 0 bridgehead atoms. The molecular formula is C22H23F3N2O3. The average Bonchev–Trinajstić information content (AvgIpc) is 2.76. The fraction of sp³-hybridized carbons (Fsp3) is 0.364. The van der Waals surface area contributed by atoms with Crippen molar-refractivity contribution in [1.82, 2.24) is 9.80 Å². The number of amides is 2. The zero-order valence-corrected chi connectivity index (χ0v) is 16.6. The molecule has 0 aliphatic carbocycles. The number of hydrogen-bond acceptors (Lipinski definition) is 3. The molecule has 5 nitrogen and oxygen atoms in total. The number of alkyl halides is 3. The number of nitrogens with zero attached hydrogens (tertiary/aromatic N) is 2. The third-order valence-corrected chi connectivity index (χ3v) is 5.07. The molecule has 0 aromatic heterocycles. The number of carbonyl (C=O) groups excluding carboxylic acids is 2. The smallest absolute Gasteiger partial charge is 0.419 e. The Morgan fingerprint density at radius 2 is 1.53 bits per heavy atom. The average molecular weight is 420 g/mol. The lowest BCUT2D eigenvalue weighted by Gasteiger charge is -2.34. The van der Waals surface area contributed by atoms with Gasteiger partial charge in [-0.15, -0.1) is 0 Å². The maximum absolute atomic E-state index is 13.0. The minimum atomic E-state index is -4.55. The van der Waals surface area contributed by atoms with E-state index in [0.29, 0.717) is 31.7 Å². The van der Waals surface area contributed by atoms with Crippen LogP contribution < -0.4 is 4.74 Å². The summed E-state index contributed by atoms with van der Waals surface area (Å²) in [6, 6.07) is 12.2. The van der Waals surface area contributed by atoms with E-state index in [4.69, 9.17) is 4.74 Å². The molecule has 0 radical (unpaired) electrons. The quantitative estimate of drug-likeness (QED) is 0.742. The van der Waals surface area contributed by atoms with E-state index in [1.807, 2.05) is 19.1 Å². The molecule has 160 valence electrons. The molecule has 2 amide bonds. The first-order valence-corrected chi connectivity index (χ1v) is 9.74. The molecule has 30 heavy (non-hydrogen) atoms. The Kier molecular flexibility index (Phi) is 6.64. The molecule has 1 heterocycles. The van der Waals surface area contributed by atoms with Crippen molar-refractivity contribution in [3.8, 4) is 5.75 Å². The zero-order chi connectivity index (χ0) is 21.7. The van der Waals surface area contributed by atoms with Crippen LogP contribution in [0.25, 0.3) is 0 Å². The number of benzene rings is 2. The summed E-state index contributed by atoms with van der Waals surface area (Å²) >= 11 is 0. The minimum Gasteiger partial charge on any atom is -0.483 e. The minimum absolute atomic E-state index is 0.0971. The lowest BCUT2D eigenvalue weighted by atomic mass is 10.1. The van der Waals surface area contributed by atoms with Gasteiger partial charge in [0.15, 0.2) is 6.61 Å². The van der Waals surface area contributed by atoms with Gasteiger partial charge in [0, 0.05) is 31.7 Å². The van der Waals surface area contributed by atoms with Crippen molar-refractivity contribution >= 4 is 11.8 Å². The monoisotopic (exact) mass is 420 g/mol. The van der Waals surface area contributed by atoms with Crippen LogP contribution in [0.1, 0.15) is 28.4 Å². The van der Waals surface area contributed by atoms with Crippen molar-refractivity contribution in [1.29, 1.82) is 0 Å². The van der Waals surface area contributed by atoms with E-state index >= 15 is 0 Å². The molecule has 2 aromatic carbocycles. The zero-order valence-electron chi connectivity index (χ0n) is 16.6. The number of rotatable bonds is 5. The number of piperazine rings is 1. The van der Waals surface area contributed by atoms with Gasteiger partial charge < -0.3 is 14.5 Å². The Balaban J connectivity index is 1.52. The van der Waals surface area contributed by atoms with Gasteiger partial charge in [0.05, 0.1) is 5.56 Å². The highest BCUT2D eigenvalue weighted by atomic mass is 19.4. The predicted molar refractivity (Wildman–Crippen MR) is 105 cm³/mol. The molecule has 0 spiro atoms. The predicted octanol–water partition coefficient (Wildman–Crippen LogP) is 3.63. The molecule has 1 saturated heterocycles. The standard InChI is InChI=1S/C22H23F3N2O3/c1-2-16-7-9-17(10-8-16)21(29)27-13-11-26(12-14-27)20(28)15-30-19-6-4-3-5-18(19)22(23,24)25/h3-10H,2,11-15H2,1H3. The largest absolute Gasteiger partial charge is 0.483 e. The molecule has 1 aliphatic heterocycles. The SMILES string of the molecule is CCc1ccc(C(=O)N2CCN(C(=O)COc3ccccc3C(F)(F)F)CC2)cc1. The fourth-order valence-electron chi connectivity index (χ4n) is 3.28. The number of aryl methyl sites for hydroxylation is 1. The van der Waals surface area contributed by atoms with Crippen LogP contribution in [0, 0.1) is 0 Å². The van der Waals surface area contributed by atoms with Crippen LogP contribution in [0.5, 0.6) is 5.75 Å². The Labute approximate surface area is 173 Å². The number of hydrogen-bond donors (Lipinski definition) is 0. The maximum atomic E-state index is 13.0. The van der Waals surface area contributed by atoms with Gasteiger partial charge in [-0.3, -0.25) is 9.59 Å². The molecule has 8 heteroatoms. The molecule has 3 rings (SSSR count). The third-order valence-electron chi connectivity index (χ3n) is 5.07.